The van der Waals surface area contributed by atoms with Crippen LogP contribution in [0.4, 0.5) is 0 Å². The zero-order chi connectivity index (χ0) is 21.6. The van der Waals surface area contributed by atoms with Crippen molar-refractivity contribution >= 4 is 16.8 Å². The Labute approximate surface area is 184 Å². The number of nitrogens with zero attached hydrogens (tertiary/aromatic N) is 1. The van der Waals surface area contributed by atoms with Crippen LogP contribution < -0.4 is 5.32 Å². The second kappa shape index (κ2) is 9.57. The number of rotatable bonds is 7. The summed E-state index contributed by atoms with van der Waals surface area (Å²) in [6.45, 7) is 4.80. The van der Waals surface area contributed by atoms with Gasteiger partial charge in [-0.05, 0) is 35.6 Å². The highest BCUT2D eigenvalue weighted by Gasteiger charge is 2.21. The van der Waals surface area contributed by atoms with Crippen molar-refractivity contribution in [3.05, 3.63) is 101 Å². The van der Waals surface area contributed by atoms with E-state index in [0.717, 1.165) is 58.1 Å². The lowest BCUT2D eigenvalue weighted by Crippen LogP contribution is -2.25. The van der Waals surface area contributed by atoms with E-state index >= 15 is 0 Å². The lowest BCUT2D eigenvalue weighted by molar-refractivity contribution is 0.0951. The molecule has 0 bridgehead atoms. The SMILES string of the molecule is CCCc1c(-c2ccccc2)nc2ccccc2c1C(=O)NCc1ccccc1CC. The van der Waals surface area contributed by atoms with Crippen LogP contribution >= 0.6 is 0 Å². The Hall–Kier alpha value is -3.46. The Balaban J connectivity index is 1.81. The summed E-state index contributed by atoms with van der Waals surface area (Å²) in [7, 11) is 0. The summed E-state index contributed by atoms with van der Waals surface area (Å²) in [6, 6.07) is 26.4. The summed E-state index contributed by atoms with van der Waals surface area (Å²) in [5.41, 5.74) is 7.00. The van der Waals surface area contributed by atoms with Gasteiger partial charge in [0.05, 0.1) is 16.8 Å². The summed E-state index contributed by atoms with van der Waals surface area (Å²) in [5.74, 6) is -0.0369. The summed E-state index contributed by atoms with van der Waals surface area (Å²) in [6.07, 6.45) is 2.69. The molecule has 3 aromatic carbocycles. The first-order valence-corrected chi connectivity index (χ1v) is 11.0. The summed E-state index contributed by atoms with van der Waals surface area (Å²) < 4.78 is 0. The van der Waals surface area contributed by atoms with Gasteiger partial charge in [0.25, 0.3) is 5.91 Å². The molecule has 0 unspecified atom stereocenters. The molecule has 156 valence electrons. The second-order valence-electron chi connectivity index (χ2n) is 7.75. The molecule has 3 nitrogen and oxygen atoms in total. The Morgan fingerprint density at radius 1 is 0.839 bits per heavy atom. The third-order valence-corrected chi connectivity index (χ3v) is 5.71. The van der Waals surface area contributed by atoms with Gasteiger partial charge in [0.1, 0.15) is 0 Å². The average Bonchev–Trinajstić information content (AvgIpc) is 2.83. The van der Waals surface area contributed by atoms with Crippen molar-refractivity contribution in [3.63, 3.8) is 0 Å². The molecular weight excluding hydrogens is 380 g/mol. The van der Waals surface area contributed by atoms with Crippen molar-refractivity contribution in [2.24, 2.45) is 0 Å². The first kappa shape index (κ1) is 20.8. The van der Waals surface area contributed by atoms with Crippen molar-refractivity contribution in [2.45, 2.75) is 39.7 Å². The third kappa shape index (κ3) is 4.36. The fraction of sp³-hybridized carbons (Fsp3) is 0.214. The number of para-hydroxylation sites is 1. The van der Waals surface area contributed by atoms with Crippen molar-refractivity contribution in [1.29, 1.82) is 0 Å². The highest BCUT2D eigenvalue weighted by atomic mass is 16.1. The Kier molecular flexibility index (Phi) is 6.42. The fourth-order valence-electron chi connectivity index (χ4n) is 4.18. The van der Waals surface area contributed by atoms with E-state index < -0.39 is 0 Å². The second-order valence-corrected chi connectivity index (χ2v) is 7.75. The maximum Gasteiger partial charge on any atom is 0.252 e. The molecule has 0 saturated heterocycles. The number of pyridine rings is 1. The molecule has 0 fully saturated rings. The van der Waals surface area contributed by atoms with Gasteiger partial charge in [-0.15, -0.1) is 0 Å². The molecule has 0 atom stereocenters. The molecule has 4 aromatic rings. The van der Waals surface area contributed by atoms with Gasteiger partial charge in [0, 0.05) is 17.5 Å². The molecule has 1 N–H and O–H groups in total. The number of aryl methyl sites for hydroxylation is 1. The van der Waals surface area contributed by atoms with Crippen LogP contribution in [0.2, 0.25) is 0 Å². The number of carbonyl (C=O) groups excluding carboxylic acids is 1. The van der Waals surface area contributed by atoms with Gasteiger partial charge in [-0.3, -0.25) is 4.79 Å². The smallest absolute Gasteiger partial charge is 0.252 e. The molecule has 1 aromatic heterocycles. The van der Waals surface area contributed by atoms with E-state index in [2.05, 4.69) is 43.4 Å². The first-order chi connectivity index (χ1) is 15.2. The fourth-order valence-corrected chi connectivity index (χ4v) is 4.18. The number of nitrogens with one attached hydrogen (secondary N) is 1. The van der Waals surface area contributed by atoms with E-state index in [-0.39, 0.29) is 5.91 Å². The minimum atomic E-state index is -0.0369. The Morgan fingerprint density at radius 2 is 1.52 bits per heavy atom. The van der Waals surface area contributed by atoms with Crippen LogP contribution in [-0.2, 0) is 19.4 Å². The minimum Gasteiger partial charge on any atom is -0.348 e. The maximum atomic E-state index is 13.6. The van der Waals surface area contributed by atoms with Crippen LogP contribution in [0.5, 0.6) is 0 Å². The molecule has 0 spiro atoms. The monoisotopic (exact) mass is 408 g/mol. The highest BCUT2D eigenvalue weighted by Crippen LogP contribution is 2.31. The van der Waals surface area contributed by atoms with Gasteiger partial charge in [-0.2, -0.15) is 0 Å². The number of carbonyl (C=O) groups is 1. The molecule has 0 saturated carbocycles. The lowest BCUT2D eigenvalue weighted by atomic mass is 9.93. The van der Waals surface area contributed by atoms with Gasteiger partial charge in [0.2, 0.25) is 0 Å². The van der Waals surface area contributed by atoms with Gasteiger partial charge in [0.15, 0.2) is 0 Å². The molecule has 3 heteroatoms. The van der Waals surface area contributed by atoms with Crippen LogP contribution in [0.15, 0.2) is 78.9 Å². The Bertz CT molecular complexity index is 1200. The summed E-state index contributed by atoms with van der Waals surface area (Å²) in [5, 5.41) is 4.10. The molecular formula is C28H28N2O. The number of aromatic nitrogens is 1. The number of benzene rings is 3. The van der Waals surface area contributed by atoms with E-state index in [1.165, 1.54) is 5.56 Å². The van der Waals surface area contributed by atoms with Crippen LogP contribution in [0.3, 0.4) is 0 Å². The van der Waals surface area contributed by atoms with Crippen LogP contribution in [-0.4, -0.2) is 10.9 Å². The van der Waals surface area contributed by atoms with E-state index in [4.69, 9.17) is 4.98 Å². The molecule has 0 radical (unpaired) electrons. The number of hydrogen-bond donors (Lipinski definition) is 1. The predicted molar refractivity (Wildman–Crippen MR) is 128 cm³/mol. The van der Waals surface area contributed by atoms with Gasteiger partial charge < -0.3 is 5.32 Å². The Morgan fingerprint density at radius 3 is 2.26 bits per heavy atom. The number of hydrogen-bond acceptors (Lipinski definition) is 2. The molecule has 1 heterocycles. The predicted octanol–water partition coefficient (Wildman–Crippen LogP) is 6.35. The molecule has 0 aliphatic rings. The van der Waals surface area contributed by atoms with Gasteiger partial charge in [-0.1, -0.05) is 93.1 Å². The molecule has 0 aliphatic heterocycles. The molecule has 31 heavy (non-hydrogen) atoms. The topological polar surface area (TPSA) is 42.0 Å². The zero-order valence-electron chi connectivity index (χ0n) is 18.2. The van der Waals surface area contributed by atoms with E-state index in [1.807, 2.05) is 54.6 Å². The van der Waals surface area contributed by atoms with Crippen molar-refractivity contribution in [1.82, 2.24) is 10.3 Å². The van der Waals surface area contributed by atoms with Crippen LogP contribution in [0, 0.1) is 0 Å². The standard InChI is InChI=1S/C28H28N2O/c1-3-12-24-26(28(31)29-19-22-16-9-8-13-20(22)4-2)23-17-10-11-18-25(23)30-27(24)21-14-6-5-7-15-21/h5-11,13-18H,3-4,12,19H2,1-2H3,(H,29,31). The first-order valence-electron chi connectivity index (χ1n) is 11.0. The van der Waals surface area contributed by atoms with Crippen molar-refractivity contribution in [3.8, 4) is 11.3 Å². The quantitative estimate of drug-likeness (QED) is 0.387. The third-order valence-electron chi connectivity index (χ3n) is 5.71. The lowest BCUT2D eigenvalue weighted by Gasteiger charge is -2.17. The van der Waals surface area contributed by atoms with Crippen LogP contribution in [0.25, 0.3) is 22.2 Å². The van der Waals surface area contributed by atoms with Crippen molar-refractivity contribution < 1.29 is 4.79 Å². The van der Waals surface area contributed by atoms with Gasteiger partial charge >= 0.3 is 0 Å². The number of amides is 1. The molecule has 0 aliphatic carbocycles. The highest BCUT2D eigenvalue weighted by molar-refractivity contribution is 6.09. The normalized spacial score (nSPS) is 10.9. The maximum absolute atomic E-state index is 13.6. The van der Waals surface area contributed by atoms with E-state index in [1.54, 1.807) is 0 Å². The molecule has 1 amide bonds. The van der Waals surface area contributed by atoms with Crippen LogP contribution in [0.1, 0.15) is 47.3 Å². The minimum absolute atomic E-state index is 0.0369. The zero-order valence-corrected chi connectivity index (χ0v) is 18.2. The largest absolute Gasteiger partial charge is 0.348 e. The summed E-state index contributed by atoms with van der Waals surface area (Å²) >= 11 is 0. The van der Waals surface area contributed by atoms with E-state index in [9.17, 15) is 4.79 Å². The number of fused-ring (bicyclic) bond motifs is 1. The van der Waals surface area contributed by atoms with Gasteiger partial charge in [-0.25, -0.2) is 4.98 Å². The van der Waals surface area contributed by atoms with E-state index in [0.29, 0.717) is 6.54 Å². The average molecular weight is 409 g/mol. The molecule has 4 rings (SSSR count). The summed E-state index contributed by atoms with van der Waals surface area (Å²) in [4.78, 5) is 18.5. The van der Waals surface area contributed by atoms with Crippen molar-refractivity contribution in [2.75, 3.05) is 0 Å².